The van der Waals surface area contributed by atoms with Crippen molar-refractivity contribution in [3.8, 4) is 11.6 Å². The quantitative estimate of drug-likeness (QED) is 0.868. The van der Waals surface area contributed by atoms with E-state index < -0.39 is 0 Å². The highest BCUT2D eigenvalue weighted by Crippen LogP contribution is 2.31. The Morgan fingerprint density at radius 1 is 1.22 bits per heavy atom. The Morgan fingerprint density at radius 3 is 2.56 bits per heavy atom. The molecule has 1 heterocycles. The number of ether oxygens (including phenoxy) is 1. The Kier molecular flexibility index (Phi) is 4.37. The van der Waals surface area contributed by atoms with Crippen LogP contribution in [0.4, 0.5) is 0 Å². The molecule has 0 bridgehead atoms. The molecule has 2 rings (SSSR count). The van der Waals surface area contributed by atoms with E-state index in [0.29, 0.717) is 5.88 Å². The summed E-state index contributed by atoms with van der Waals surface area (Å²) in [6, 6.07) is 9.41. The largest absolute Gasteiger partial charge is 0.438 e. The number of halogens is 2. The maximum atomic E-state index is 5.76. The van der Waals surface area contributed by atoms with Gasteiger partial charge in [0.05, 0.1) is 4.47 Å². The van der Waals surface area contributed by atoms with Gasteiger partial charge < -0.3 is 10.5 Å². The maximum Gasteiger partial charge on any atom is 0.219 e. The van der Waals surface area contributed by atoms with E-state index in [-0.39, 0.29) is 6.04 Å². The molecule has 1 unspecified atom stereocenters. The van der Waals surface area contributed by atoms with Crippen LogP contribution in [-0.2, 0) is 0 Å². The third kappa shape index (κ3) is 3.31. The van der Waals surface area contributed by atoms with Crippen molar-refractivity contribution >= 4 is 31.9 Å². The topological polar surface area (TPSA) is 48.1 Å². The second-order valence-corrected chi connectivity index (χ2v) is 5.67. The molecule has 0 saturated carbocycles. The lowest BCUT2D eigenvalue weighted by Crippen LogP contribution is -2.05. The van der Waals surface area contributed by atoms with Crippen molar-refractivity contribution in [2.45, 2.75) is 13.0 Å². The molecule has 0 aliphatic carbocycles. The third-order valence-electron chi connectivity index (χ3n) is 2.39. The highest BCUT2D eigenvalue weighted by Gasteiger charge is 2.05. The molecule has 5 heteroatoms. The summed E-state index contributed by atoms with van der Waals surface area (Å²) in [5.41, 5.74) is 6.75. The Labute approximate surface area is 123 Å². The van der Waals surface area contributed by atoms with Crippen LogP contribution in [0.1, 0.15) is 18.5 Å². The Balaban J connectivity index is 2.18. The minimum absolute atomic E-state index is 0.0223. The highest BCUT2D eigenvalue weighted by molar-refractivity contribution is 9.11. The van der Waals surface area contributed by atoms with Gasteiger partial charge in [-0.1, -0.05) is 22.0 Å². The average molecular weight is 372 g/mol. The van der Waals surface area contributed by atoms with Crippen LogP contribution < -0.4 is 10.5 Å². The first-order valence-corrected chi connectivity index (χ1v) is 6.99. The first-order valence-electron chi connectivity index (χ1n) is 5.40. The van der Waals surface area contributed by atoms with Crippen LogP contribution in [0, 0.1) is 0 Å². The highest BCUT2D eigenvalue weighted by atomic mass is 79.9. The van der Waals surface area contributed by atoms with Crippen LogP contribution >= 0.6 is 31.9 Å². The lowest BCUT2D eigenvalue weighted by atomic mass is 10.2. The van der Waals surface area contributed by atoms with Gasteiger partial charge in [-0.25, -0.2) is 4.98 Å². The first kappa shape index (κ1) is 13.5. The van der Waals surface area contributed by atoms with E-state index in [1.165, 1.54) is 0 Å². The number of hydrogen-bond donors (Lipinski definition) is 1. The molecule has 1 aromatic heterocycles. The molecule has 0 saturated heterocycles. The van der Waals surface area contributed by atoms with Crippen LogP contribution in [0.3, 0.4) is 0 Å². The minimum Gasteiger partial charge on any atom is -0.438 e. The number of pyridine rings is 1. The van der Waals surface area contributed by atoms with Crippen LogP contribution in [0.5, 0.6) is 11.6 Å². The molecule has 0 fully saturated rings. The van der Waals surface area contributed by atoms with Crippen molar-refractivity contribution in [1.29, 1.82) is 0 Å². The van der Waals surface area contributed by atoms with Crippen LogP contribution in [0.25, 0.3) is 0 Å². The van der Waals surface area contributed by atoms with Gasteiger partial charge in [-0.3, -0.25) is 0 Å². The molecule has 94 valence electrons. The summed E-state index contributed by atoms with van der Waals surface area (Å²) in [6.07, 6.45) is 1.73. The molecule has 2 aromatic rings. The summed E-state index contributed by atoms with van der Waals surface area (Å²) >= 11 is 6.83. The van der Waals surface area contributed by atoms with Crippen LogP contribution in [-0.4, -0.2) is 4.98 Å². The summed E-state index contributed by atoms with van der Waals surface area (Å²) < 4.78 is 7.54. The molecule has 1 aromatic carbocycles. The predicted molar refractivity (Wildman–Crippen MR) is 78.8 cm³/mol. The van der Waals surface area contributed by atoms with Gasteiger partial charge in [0, 0.05) is 22.8 Å². The maximum absolute atomic E-state index is 5.76. The zero-order valence-electron chi connectivity index (χ0n) is 9.73. The number of rotatable bonds is 3. The van der Waals surface area contributed by atoms with E-state index in [2.05, 4.69) is 36.8 Å². The van der Waals surface area contributed by atoms with Crippen molar-refractivity contribution < 1.29 is 4.74 Å². The van der Waals surface area contributed by atoms with Crippen LogP contribution in [0.2, 0.25) is 0 Å². The number of nitrogens with two attached hydrogens (primary N) is 1. The van der Waals surface area contributed by atoms with E-state index in [9.17, 15) is 0 Å². The SMILES string of the molecule is CC(N)c1ccc(Oc2ccc(Br)cc2Br)nc1. The Bertz CT molecular complexity index is 541. The van der Waals surface area contributed by atoms with E-state index in [1.807, 2.05) is 37.3 Å². The molecule has 0 spiro atoms. The normalized spacial score (nSPS) is 12.2. The molecule has 18 heavy (non-hydrogen) atoms. The number of hydrogen-bond acceptors (Lipinski definition) is 3. The second-order valence-electron chi connectivity index (χ2n) is 3.90. The van der Waals surface area contributed by atoms with Gasteiger partial charge in [-0.15, -0.1) is 0 Å². The minimum atomic E-state index is -0.0223. The Morgan fingerprint density at radius 2 is 2.00 bits per heavy atom. The first-order chi connectivity index (χ1) is 8.56. The molecule has 2 N–H and O–H groups in total. The Hall–Kier alpha value is -0.910. The van der Waals surface area contributed by atoms with Gasteiger partial charge in [-0.05, 0) is 46.6 Å². The molecule has 0 amide bonds. The fraction of sp³-hybridized carbons (Fsp3) is 0.154. The zero-order chi connectivity index (χ0) is 13.1. The summed E-state index contributed by atoms with van der Waals surface area (Å²) in [6.45, 7) is 1.92. The smallest absolute Gasteiger partial charge is 0.219 e. The van der Waals surface area contributed by atoms with Crippen molar-refractivity contribution in [1.82, 2.24) is 4.98 Å². The third-order valence-corrected chi connectivity index (χ3v) is 3.51. The van der Waals surface area contributed by atoms with Crippen molar-refractivity contribution in [3.05, 3.63) is 51.0 Å². The molecule has 0 aliphatic rings. The monoisotopic (exact) mass is 370 g/mol. The number of aromatic nitrogens is 1. The molecular weight excluding hydrogens is 360 g/mol. The van der Waals surface area contributed by atoms with Crippen molar-refractivity contribution in [2.24, 2.45) is 5.73 Å². The lowest BCUT2D eigenvalue weighted by Gasteiger charge is -2.09. The average Bonchev–Trinajstić information content (AvgIpc) is 2.33. The van der Waals surface area contributed by atoms with E-state index >= 15 is 0 Å². The predicted octanol–water partition coefficient (Wildman–Crippen LogP) is 4.42. The van der Waals surface area contributed by atoms with Gasteiger partial charge in [0.2, 0.25) is 5.88 Å². The van der Waals surface area contributed by atoms with Gasteiger partial charge in [0.1, 0.15) is 5.75 Å². The summed E-state index contributed by atoms with van der Waals surface area (Å²) in [7, 11) is 0. The summed E-state index contributed by atoms with van der Waals surface area (Å²) in [5, 5.41) is 0. The number of nitrogens with zero attached hydrogens (tertiary/aromatic N) is 1. The van der Waals surface area contributed by atoms with Crippen molar-refractivity contribution in [3.63, 3.8) is 0 Å². The zero-order valence-corrected chi connectivity index (χ0v) is 12.9. The van der Waals surface area contributed by atoms with Crippen LogP contribution in [0.15, 0.2) is 45.5 Å². The van der Waals surface area contributed by atoms with E-state index in [4.69, 9.17) is 10.5 Å². The molecule has 0 aliphatic heterocycles. The van der Waals surface area contributed by atoms with E-state index in [0.717, 1.165) is 20.3 Å². The summed E-state index contributed by atoms with van der Waals surface area (Å²) in [4.78, 5) is 4.22. The van der Waals surface area contributed by atoms with Crippen molar-refractivity contribution in [2.75, 3.05) is 0 Å². The molecular formula is C13H12Br2N2O. The fourth-order valence-corrected chi connectivity index (χ4v) is 2.52. The summed E-state index contributed by atoms with van der Waals surface area (Å²) in [5.74, 6) is 1.27. The molecule has 1 atom stereocenters. The fourth-order valence-electron chi connectivity index (χ4n) is 1.39. The second kappa shape index (κ2) is 5.82. The number of benzene rings is 1. The van der Waals surface area contributed by atoms with E-state index in [1.54, 1.807) is 6.20 Å². The molecule has 3 nitrogen and oxygen atoms in total. The lowest BCUT2D eigenvalue weighted by molar-refractivity contribution is 0.459. The van der Waals surface area contributed by atoms with Gasteiger partial charge in [0.15, 0.2) is 0 Å². The van der Waals surface area contributed by atoms with Gasteiger partial charge in [-0.2, -0.15) is 0 Å². The van der Waals surface area contributed by atoms with Gasteiger partial charge in [0.25, 0.3) is 0 Å². The van der Waals surface area contributed by atoms with Gasteiger partial charge >= 0.3 is 0 Å². The molecule has 0 radical (unpaired) electrons. The standard InChI is InChI=1S/C13H12Br2N2O/c1-8(16)9-2-5-13(17-7-9)18-12-4-3-10(14)6-11(12)15/h2-8H,16H2,1H3.